The van der Waals surface area contributed by atoms with Gasteiger partial charge < -0.3 is 5.11 Å². The Morgan fingerprint density at radius 1 is 0.955 bits per heavy atom. The summed E-state index contributed by atoms with van der Waals surface area (Å²) in [6, 6.07) is 6.22. The van der Waals surface area contributed by atoms with Gasteiger partial charge in [0.15, 0.2) is 5.75 Å². The van der Waals surface area contributed by atoms with Crippen molar-refractivity contribution < 1.29 is 13.5 Å². The number of halogens is 2. The first-order chi connectivity index (χ1) is 10.1. The number of hydrogen-bond donors (Lipinski definition) is 2. The van der Waals surface area contributed by atoms with Crippen molar-refractivity contribution in [2.24, 2.45) is 0 Å². The van der Waals surface area contributed by atoms with E-state index in [1.54, 1.807) is 26.0 Å². The van der Waals surface area contributed by atoms with Gasteiger partial charge in [-0.3, -0.25) is 4.72 Å². The van der Waals surface area contributed by atoms with Gasteiger partial charge in [0.25, 0.3) is 10.0 Å². The molecule has 0 heterocycles. The van der Waals surface area contributed by atoms with E-state index in [4.69, 9.17) is 23.2 Å². The zero-order valence-corrected chi connectivity index (χ0v) is 14.6. The van der Waals surface area contributed by atoms with Gasteiger partial charge in [-0.2, -0.15) is 0 Å². The van der Waals surface area contributed by atoms with Crippen LogP contribution in [0.4, 0.5) is 5.69 Å². The Kier molecular flexibility index (Phi) is 4.61. The number of benzene rings is 2. The van der Waals surface area contributed by atoms with Gasteiger partial charge in [0.2, 0.25) is 0 Å². The highest BCUT2D eigenvalue weighted by Gasteiger charge is 2.21. The number of phenolic OH excluding ortho intramolecular Hbond substituents is 1. The molecule has 2 N–H and O–H groups in total. The Hall–Kier alpha value is -1.43. The highest BCUT2D eigenvalue weighted by Crippen LogP contribution is 2.35. The molecule has 0 aliphatic carbocycles. The Morgan fingerprint density at radius 3 is 1.86 bits per heavy atom. The van der Waals surface area contributed by atoms with Crippen LogP contribution in [-0.4, -0.2) is 13.5 Å². The minimum Gasteiger partial charge on any atom is -0.505 e. The van der Waals surface area contributed by atoms with Crippen molar-refractivity contribution in [3.63, 3.8) is 0 Å². The van der Waals surface area contributed by atoms with E-state index in [-0.39, 0.29) is 26.4 Å². The first kappa shape index (κ1) is 16.9. The Balaban J connectivity index is 2.49. The summed E-state index contributed by atoms with van der Waals surface area (Å²) >= 11 is 11.6. The maximum atomic E-state index is 12.6. The number of aryl methyl sites for hydroxylation is 3. The van der Waals surface area contributed by atoms with Gasteiger partial charge >= 0.3 is 0 Å². The molecule has 0 amide bonds. The van der Waals surface area contributed by atoms with Gasteiger partial charge in [-0.25, -0.2) is 8.42 Å². The third-order valence-corrected chi connectivity index (χ3v) is 5.40. The summed E-state index contributed by atoms with van der Waals surface area (Å²) in [5, 5.41) is 9.47. The number of anilines is 1. The fourth-order valence-corrected chi connectivity index (χ4v) is 4.40. The molecule has 0 saturated carbocycles. The molecule has 0 saturated heterocycles. The molecule has 0 aliphatic rings. The molecule has 2 rings (SSSR count). The average Bonchev–Trinajstić information content (AvgIpc) is 2.33. The molecule has 0 aliphatic heterocycles. The van der Waals surface area contributed by atoms with Crippen molar-refractivity contribution in [3.05, 3.63) is 51.0 Å². The van der Waals surface area contributed by atoms with Crippen molar-refractivity contribution in [1.29, 1.82) is 0 Å². The van der Waals surface area contributed by atoms with Crippen molar-refractivity contribution in [1.82, 2.24) is 0 Å². The van der Waals surface area contributed by atoms with Crippen LogP contribution in [-0.2, 0) is 10.0 Å². The molecule has 0 atom stereocenters. The topological polar surface area (TPSA) is 66.4 Å². The quantitative estimate of drug-likeness (QED) is 0.796. The second kappa shape index (κ2) is 5.99. The summed E-state index contributed by atoms with van der Waals surface area (Å²) < 4.78 is 27.6. The SMILES string of the molecule is Cc1cc(C)c(S(=O)(=O)Nc2cc(Cl)c(O)c(Cl)c2)c(C)c1. The van der Waals surface area contributed by atoms with E-state index in [0.29, 0.717) is 11.1 Å². The summed E-state index contributed by atoms with van der Waals surface area (Å²) in [7, 11) is -3.79. The molecule has 118 valence electrons. The van der Waals surface area contributed by atoms with Crippen LogP contribution >= 0.6 is 23.2 Å². The smallest absolute Gasteiger partial charge is 0.262 e. The lowest BCUT2D eigenvalue weighted by molar-refractivity contribution is 0.476. The van der Waals surface area contributed by atoms with E-state index in [0.717, 1.165) is 5.56 Å². The molecule has 0 spiro atoms. The molecule has 4 nitrogen and oxygen atoms in total. The number of rotatable bonds is 3. The average molecular weight is 360 g/mol. The van der Waals surface area contributed by atoms with E-state index in [9.17, 15) is 13.5 Å². The highest BCUT2D eigenvalue weighted by molar-refractivity contribution is 7.92. The van der Waals surface area contributed by atoms with Gasteiger partial charge in [0.05, 0.1) is 20.6 Å². The summed E-state index contributed by atoms with van der Waals surface area (Å²) in [6.45, 7) is 5.39. The van der Waals surface area contributed by atoms with Crippen molar-refractivity contribution in [2.45, 2.75) is 25.7 Å². The molecule has 22 heavy (non-hydrogen) atoms. The van der Waals surface area contributed by atoms with Crippen LogP contribution in [0.15, 0.2) is 29.2 Å². The molecule has 2 aromatic carbocycles. The lowest BCUT2D eigenvalue weighted by Gasteiger charge is -2.14. The van der Waals surface area contributed by atoms with Crippen LogP contribution in [0, 0.1) is 20.8 Å². The first-order valence-electron chi connectivity index (χ1n) is 6.40. The maximum Gasteiger partial charge on any atom is 0.262 e. The Morgan fingerprint density at radius 2 is 1.41 bits per heavy atom. The fraction of sp³-hybridized carbons (Fsp3) is 0.200. The molecule has 2 aromatic rings. The molecule has 7 heteroatoms. The van der Waals surface area contributed by atoms with E-state index < -0.39 is 10.0 Å². The third-order valence-electron chi connectivity index (χ3n) is 3.14. The number of hydrogen-bond acceptors (Lipinski definition) is 3. The van der Waals surface area contributed by atoms with Gasteiger partial charge in [0, 0.05) is 0 Å². The first-order valence-corrected chi connectivity index (χ1v) is 8.64. The molecular formula is C15H15Cl2NO3S. The number of aromatic hydroxyl groups is 1. The van der Waals surface area contributed by atoms with Gasteiger partial charge in [0.1, 0.15) is 0 Å². The summed E-state index contributed by atoms with van der Waals surface area (Å²) in [5.41, 5.74) is 2.48. The molecule has 0 unspecified atom stereocenters. The zero-order valence-electron chi connectivity index (χ0n) is 12.2. The number of sulfonamides is 1. The second-order valence-corrected chi connectivity index (χ2v) is 7.56. The molecule has 0 bridgehead atoms. The zero-order chi connectivity index (χ0) is 16.7. The number of phenols is 1. The summed E-state index contributed by atoms with van der Waals surface area (Å²) in [5.74, 6) is -0.283. The van der Waals surface area contributed by atoms with Crippen LogP contribution in [0.3, 0.4) is 0 Å². The van der Waals surface area contributed by atoms with E-state index in [1.807, 2.05) is 6.92 Å². The Bertz CT molecular complexity index is 802. The predicted molar refractivity (Wildman–Crippen MR) is 89.6 cm³/mol. The van der Waals surface area contributed by atoms with Crippen molar-refractivity contribution in [2.75, 3.05) is 4.72 Å². The van der Waals surface area contributed by atoms with Crippen molar-refractivity contribution in [3.8, 4) is 5.75 Å². The van der Waals surface area contributed by atoms with Crippen molar-refractivity contribution >= 4 is 38.9 Å². The third kappa shape index (κ3) is 3.32. The lowest BCUT2D eigenvalue weighted by Crippen LogP contribution is -2.16. The fourth-order valence-electron chi connectivity index (χ4n) is 2.42. The van der Waals surface area contributed by atoms with Gasteiger partial charge in [-0.1, -0.05) is 40.9 Å². The minimum atomic E-state index is -3.79. The summed E-state index contributed by atoms with van der Waals surface area (Å²) in [4.78, 5) is 0.221. The van der Waals surface area contributed by atoms with Crippen LogP contribution < -0.4 is 4.72 Å². The lowest BCUT2D eigenvalue weighted by atomic mass is 10.1. The second-order valence-electron chi connectivity index (χ2n) is 5.12. The Labute approximate surface area is 139 Å². The van der Waals surface area contributed by atoms with Crippen LogP contribution in [0.25, 0.3) is 0 Å². The van der Waals surface area contributed by atoms with Gasteiger partial charge in [-0.15, -0.1) is 0 Å². The predicted octanol–water partition coefficient (Wildman–Crippen LogP) is 4.43. The normalized spacial score (nSPS) is 11.5. The standard InChI is InChI=1S/C15H15Cl2NO3S/c1-8-4-9(2)15(10(3)5-8)22(20,21)18-11-6-12(16)14(19)13(17)7-11/h4-7,18-19H,1-3H3. The van der Waals surface area contributed by atoms with E-state index in [1.165, 1.54) is 12.1 Å². The van der Waals surface area contributed by atoms with E-state index >= 15 is 0 Å². The molecule has 0 aromatic heterocycles. The largest absolute Gasteiger partial charge is 0.505 e. The molecular weight excluding hydrogens is 345 g/mol. The summed E-state index contributed by atoms with van der Waals surface area (Å²) in [6.07, 6.45) is 0. The van der Waals surface area contributed by atoms with Crippen LogP contribution in [0.2, 0.25) is 10.0 Å². The van der Waals surface area contributed by atoms with E-state index in [2.05, 4.69) is 4.72 Å². The van der Waals surface area contributed by atoms with Gasteiger partial charge in [-0.05, 0) is 44.0 Å². The minimum absolute atomic E-state index is 0.0254. The number of nitrogens with one attached hydrogen (secondary N) is 1. The maximum absolute atomic E-state index is 12.6. The van der Waals surface area contributed by atoms with Crippen LogP contribution in [0.1, 0.15) is 16.7 Å². The highest BCUT2D eigenvalue weighted by atomic mass is 35.5. The molecule has 0 fully saturated rings. The monoisotopic (exact) mass is 359 g/mol. The van der Waals surface area contributed by atoms with Crippen LogP contribution in [0.5, 0.6) is 5.75 Å². The molecule has 0 radical (unpaired) electrons.